The van der Waals surface area contributed by atoms with Crippen molar-refractivity contribution in [1.29, 1.82) is 0 Å². The Kier molecular flexibility index (Phi) is 2.46. The van der Waals surface area contributed by atoms with Crippen LogP contribution in [0, 0.1) is 5.92 Å². The molecular weight excluding hydrogens is 146 g/mol. The van der Waals surface area contributed by atoms with Crippen LogP contribution < -0.4 is 5.32 Å². The normalized spacial score (nSPS) is 31.2. The van der Waals surface area contributed by atoms with Gasteiger partial charge < -0.3 is 15.5 Å². The second-order valence-electron chi connectivity index (χ2n) is 2.97. The summed E-state index contributed by atoms with van der Waals surface area (Å²) in [6.07, 6.45) is -0.121. The van der Waals surface area contributed by atoms with Crippen molar-refractivity contribution in [3.8, 4) is 0 Å². The van der Waals surface area contributed by atoms with Crippen molar-refractivity contribution in [2.75, 3.05) is 6.61 Å². The van der Waals surface area contributed by atoms with Gasteiger partial charge in [-0.15, -0.1) is 0 Å². The van der Waals surface area contributed by atoms with E-state index < -0.39 is 6.10 Å². The van der Waals surface area contributed by atoms with Gasteiger partial charge in [0.15, 0.2) is 0 Å². The molecule has 0 saturated heterocycles. The van der Waals surface area contributed by atoms with Crippen LogP contribution in [0.1, 0.15) is 13.3 Å². The summed E-state index contributed by atoms with van der Waals surface area (Å²) in [6.45, 7) is 1.54. The third-order valence-electron chi connectivity index (χ3n) is 1.86. The van der Waals surface area contributed by atoms with Gasteiger partial charge in [-0.05, 0) is 13.3 Å². The molecule has 0 aromatic carbocycles. The summed E-state index contributed by atoms with van der Waals surface area (Å²) in [7, 11) is 0. The highest BCUT2D eigenvalue weighted by molar-refractivity contribution is 5.80. The summed E-state index contributed by atoms with van der Waals surface area (Å²) in [5.41, 5.74) is 0. The first-order chi connectivity index (χ1) is 5.15. The molecule has 64 valence electrons. The van der Waals surface area contributed by atoms with Gasteiger partial charge in [-0.1, -0.05) is 0 Å². The molecule has 0 spiro atoms. The second-order valence-corrected chi connectivity index (χ2v) is 2.97. The van der Waals surface area contributed by atoms with Crippen LogP contribution in [0.2, 0.25) is 0 Å². The van der Waals surface area contributed by atoms with Crippen LogP contribution in [-0.2, 0) is 4.79 Å². The standard InChI is InChI=1S/C7H13NO3/c1-4(10)7(11)8-6-2-5(6)3-9/h4-6,9-10H,2-3H2,1H3,(H,8,11)/t4-,5+,6-/m1/s1. The molecule has 1 rings (SSSR count). The van der Waals surface area contributed by atoms with Gasteiger partial charge in [-0.3, -0.25) is 4.79 Å². The van der Waals surface area contributed by atoms with Crippen LogP contribution in [-0.4, -0.2) is 34.9 Å². The fraction of sp³-hybridized carbons (Fsp3) is 0.857. The van der Waals surface area contributed by atoms with E-state index in [1.807, 2.05) is 0 Å². The molecule has 0 aliphatic heterocycles. The summed E-state index contributed by atoms with van der Waals surface area (Å²) >= 11 is 0. The molecule has 3 atom stereocenters. The summed E-state index contributed by atoms with van der Waals surface area (Å²) in [5, 5.41) is 20.0. The average Bonchev–Trinajstić information content (AvgIpc) is 2.67. The van der Waals surface area contributed by atoms with E-state index in [9.17, 15) is 4.79 Å². The van der Waals surface area contributed by atoms with Crippen molar-refractivity contribution in [2.24, 2.45) is 5.92 Å². The molecule has 1 saturated carbocycles. The molecule has 1 aliphatic rings. The SMILES string of the molecule is C[C@@H](O)C(=O)N[C@@H]1C[C@H]1CO. The number of rotatable bonds is 3. The van der Waals surface area contributed by atoms with E-state index >= 15 is 0 Å². The molecule has 0 bridgehead atoms. The lowest BCUT2D eigenvalue weighted by Gasteiger charge is -2.04. The topological polar surface area (TPSA) is 69.6 Å². The number of aliphatic hydroxyl groups excluding tert-OH is 2. The highest BCUT2D eigenvalue weighted by atomic mass is 16.3. The monoisotopic (exact) mass is 159 g/mol. The van der Waals surface area contributed by atoms with Crippen LogP contribution in [0.15, 0.2) is 0 Å². The Balaban J connectivity index is 2.18. The third kappa shape index (κ3) is 2.17. The molecular formula is C7H13NO3. The number of aliphatic hydroxyl groups is 2. The summed E-state index contributed by atoms with van der Waals surface area (Å²) in [6, 6.07) is 0.0853. The Bertz CT molecular complexity index is 158. The van der Waals surface area contributed by atoms with Gasteiger partial charge in [0.2, 0.25) is 5.91 Å². The van der Waals surface area contributed by atoms with Crippen LogP contribution in [0.25, 0.3) is 0 Å². The van der Waals surface area contributed by atoms with E-state index in [0.29, 0.717) is 0 Å². The Labute approximate surface area is 65.2 Å². The molecule has 1 amide bonds. The first-order valence-corrected chi connectivity index (χ1v) is 3.74. The fourth-order valence-corrected chi connectivity index (χ4v) is 0.929. The number of carbonyl (C=O) groups is 1. The van der Waals surface area contributed by atoms with Gasteiger partial charge in [0.1, 0.15) is 6.10 Å². The van der Waals surface area contributed by atoms with E-state index in [-0.39, 0.29) is 24.5 Å². The van der Waals surface area contributed by atoms with Crippen molar-refractivity contribution < 1.29 is 15.0 Å². The van der Waals surface area contributed by atoms with Crippen molar-refractivity contribution in [1.82, 2.24) is 5.32 Å². The van der Waals surface area contributed by atoms with Crippen molar-refractivity contribution in [3.63, 3.8) is 0 Å². The average molecular weight is 159 g/mol. The van der Waals surface area contributed by atoms with Crippen LogP contribution in [0.3, 0.4) is 0 Å². The highest BCUT2D eigenvalue weighted by Gasteiger charge is 2.37. The maximum atomic E-state index is 10.8. The van der Waals surface area contributed by atoms with E-state index in [2.05, 4.69) is 5.32 Å². The molecule has 1 fully saturated rings. The molecule has 11 heavy (non-hydrogen) atoms. The lowest BCUT2D eigenvalue weighted by Crippen LogP contribution is -2.35. The molecule has 0 radical (unpaired) electrons. The summed E-state index contributed by atoms with van der Waals surface area (Å²) in [5.74, 6) is -0.149. The smallest absolute Gasteiger partial charge is 0.248 e. The zero-order valence-electron chi connectivity index (χ0n) is 6.45. The largest absolute Gasteiger partial charge is 0.396 e. The lowest BCUT2D eigenvalue weighted by atomic mass is 10.3. The zero-order valence-corrected chi connectivity index (χ0v) is 6.45. The number of carbonyl (C=O) groups excluding carboxylic acids is 1. The Morgan fingerprint density at radius 3 is 2.82 bits per heavy atom. The zero-order chi connectivity index (χ0) is 8.43. The minimum Gasteiger partial charge on any atom is -0.396 e. The van der Waals surface area contributed by atoms with E-state index in [4.69, 9.17) is 10.2 Å². The van der Waals surface area contributed by atoms with Gasteiger partial charge in [0.05, 0.1) is 0 Å². The van der Waals surface area contributed by atoms with Gasteiger partial charge >= 0.3 is 0 Å². The maximum absolute atomic E-state index is 10.8. The summed E-state index contributed by atoms with van der Waals surface area (Å²) < 4.78 is 0. The molecule has 3 N–H and O–H groups in total. The quantitative estimate of drug-likeness (QED) is 0.487. The van der Waals surface area contributed by atoms with E-state index in [1.54, 1.807) is 0 Å². The molecule has 0 heterocycles. The molecule has 4 heteroatoms. The van der Waals surface area contributed by atoms with Gasteiger partial charge in [0.25, 0.3) is 0 Å². The van der Waals surface area contributed by atoms with Crippen LogP contribution >= 0.6 is 0 Å². The molecule has 0 aromatic rings. The molecule has 1 aliphatic carbocycles. The fourth-order valence-electron chi connectivity index (χ4n) is 0.929. The number of hydrogen-bond acceptors (Lipinski definition) is 3. The lowest BCUT2D eigenvalue weighted by molar-refractivity contribution is -0.128. The minimum atomic E-state index is -0.949. The highest BCUT2D eigenvalue weighted by Crippen LogP contribution is 2.29. The first-order valence-electron chi connectivity index (χ1n) is 3.74. The van der Waals surface area contributed by atoms with Crippen molar-refractivity contribution >= 4 is 5.91 Å². The molecule has 0 aromatic heterocycles. The number of hydrogen-bond donors (Lipinski definition) is 3. The Morgan fingerprint density at radius 1 is 1.82 bits per heavy atom. The minimum absolute atomic E-state index is 0.0853. The van der Waals surface area contributed by atoms with Crippen LogP contribution in [0.5, 0.6) is 0 Å². The second kappa shape index (κ2) is 3.19. The van der Waals surface area contributed by atoms with Gasteiger partial charge in [0, 0.05) is 18.6 Å². The third-order valence-corrected chi connectivity index (χ3v) is 1.86. The first kappa shape index (κ1) is 8.49. The predicted molar refractivity (Wildman–Crippen MR) is 38.8 cm³/mol. The predicted octanol–water partition coefficient (Wildman–Crippen LogP) is -1.14. The molecule has 0 unspecified atom stereocenters. The van der Waals surface area contributed by atoms with Gasteiger partial charge in [-0.2, -0.15) is 0 Å². The van der Waals surface area contributed by atoms with Crippen molar-refractivity contribution in [2.45, 2.75) is 25.5 Å². The molecule has 4 nitrogen and oxygen atoms in total. The Morgan fingerprint density at radius 2 is 2.45 bits per heavy atom. The Hall–Kier alpha value is -0.610. The maximum Gasteiger partial charge on any atom is 0.248 e. The van der Waals surface area contributed by atoms with Gasteiger partial charge in [-0.25, -0.2) is 0 Å². The number of amides is 1. The van der Waals surface area contributed by atoms with Crippen molar-refractivity contribution in [3.05, 3.63) is 0 Å². The number of nitrogens with one attached hydrogen (secondary N) is 1. The van der Waals surface area contributed by atoms with Crippen LogP contribution in [0.4, 0.5) is 0 Å². The summed E-state index contributed by atoms with van der Waals surface area (Å²) in [4.78, 5) is 10.8. The van der Waals surface area contributed by atoms with E-state index in [1.165, 1.54) is 6.92 Å². The van der Waals surface area contributed by atoms with E-state index in [0.717, 1.165) is 6.42 Å².